The quantitative estimate of drug-likeness (QED) is 0.838. The number of esters is 1. The second-order valence-corrected chi connectivity index (χ2v) is 5.00. The first kappa shape index (κ1) is 16.2. The van der Waals surface area contributed by atoms with Crippen LogP contribution in [0, 0.1) is 0 Å². The summed E-state index contributed by atoms with van der Waals surface area (Å²) in [6, 6.07) is 6.90. The van der Waals surface area contributed by atoms with Crippen LogP contribution < -0.4 is 5.32 Å². The SMILES string of the molecule is C[C@@H](NC(=O)COC(=O)C1=COCCO1)c1ccccc1Cl. The molecular weight excluding hydrogens is 310 g/mol. The topological polar surface area (TPSA) is 73.9 Å². The normalized spacial score (nSPS) is 14.9. The van der Waals surface area contributed by atoms with Crippen LogP contribution in [-0.4, -0.2) is 31.7 Å². The summed E-state index contributed by atoms with van der Waals surface area (Å²) in [4.78, 5) is 23.4. The Balaban J connectivity index is 1.81. The lowest BCUT2D eigenvalue weighted by atomic mass is 10.1. The Labute approximate surface area is 133 Å². The first-order valence-corrected chi connectivity index (χ1v) is 7.11. The van der Waals surface area contributed by atoms with Crippen molar-refractivity contribution in [2.75, 3.05) is 19.8 Å². The minimum Gasteiger partial charge on any atom is -0.493 e. The summed E-state index contributed by atoms with van der Waals surface area (Å²) in [5, 5.41) is 3.26. The average molecular weight is 326 g/mol. The summed E-state index contributed by atoms with van der Waals surface area (Å²) in [6.07, 6.45) is 1.18. The van der Waals surface area contributed by atoms with Crippen molar-refractivity contribution in [3.8, 4) is 0 Å². The molecule has 0 aliphatic carbocycles. The highest BCUT2D eigenvalue weighted by Gasteiger charge is 2.19. The Kier molecular flexibility index (Phi) is 5.66. The Morgan fingerprint density at radius 3 is 2.82 bits per heavy atom. The number of hydrogen-bond donors (Lipinski definition) is 1. The van der Waals surface area contributed by atoms with Gasteiger partial charge in [0.2, 0.25) is 5.76 Å². The van der Waals surface area contributed by atoms with Gasteiger partial charge in [0.15, 0.2) is 6.61 Å². The van der Waals surface area contributed by atoms with E-state index >= 15 is 0 Å². The molecule has 7 heteroatoms. The summed E-state index contributed by atoms with van der Waals surface area (Å²) in [5.41, 5.74) is 0.788. The van der Waals surface area contributed by atoms with Crippen molar-refractivity contribution in [3.05, 3.63) is 46.9 Å². The highest BCUT2D eigenvalue weighted by molar-refractivity contribution is 6.31. The molecule has 22 heavy (non-hydrogen) atoms. The van der Waals surface area contributed by atoms with E-state index in [2.05, 4.69) is 5.32 Å². The van der Waals surface area contributed by atoms with Gasteiger partial charge in [-0.1, -0.05) is 29.8 Å². The van der Waals surface area contributed by atoms with Crippen molar-refractivity contribution >= 4 is 23.5 Å². The van der Waals surface area contributed by atoms with E-state index in [4.69, 9.17) is 25.8 Å². The molecule has 0 saturated heterocycles. The number of ether oxygens (including phenoxy) is 3. The summed E-state index contributed by atoms with van der Waals surface area (Å²) < 4.78 is 14.8. The molecule has 118 valence electrons. The van der Waals surface area contributed by atoms with E-state index in [1.54, 1.807) is 13.0 Å². The fourth-order valence-corrected chi connectivity index (χ4v) is 2.16. The van der Waals surface area contributed by atoms with Crippen LogP contribution in [0.25, 0.3) is 0 Å². The largest absolute Gasteiger partial charge is 0.493 e. The van der Waals surface area contributed by atoms with Crippen LogP contribution >= 0.6 is 11.6 Å². The zero-order valence-corrected chi connectivity index (χ0v) is 12.8. The number of nitrogens with one attached hydrogen (secondary N) is 1. The summed E-state index contributed by atoms with van der Waals surface area (Å²) >= 11 is 6.06. The van der Waals surface area contributed by atoms with Gasteiger partial charge >= 0.3 is 5.97 Å². The van der Waals surface area contributed by atoms with Gasteiger partial charge in [-0.3, -0.25) is 4.79 Å². The summed E-state index contributed by atoms with van der Waals surface area (Å²) in [7, 11) is 0. The molecule has 0 radical (unpaired) electrons. The molecule has 6 nitrogen and oxygen atoms in total. The molecule has 1 N–H and O–H groups in total. The van der Waals surface area contributed by atoms with Gasteiger partial charge in [0.25, 0.3) is 5.91 Å². The Hall–Kier alpha value is -2.21. The standard InChI is InChI=1S/C15H16ClNO5/c1-10(11-4-2-3-5-12(11)16)17-14(18)9-22-15(19)13-8-20-6-7-21-13/h2-5,8,10H,6-7,9H2,1H3,(H,17,18)/t10-/m1/s1. The molecule has 0 bridgehead atoms. The maximum absolute atomic E-state index is 11.8. The molecule has 1 aliphatic rings. The number of benzene rings is 1. The third-order valence-corrected chi connectivity index (χ3v) is 3.28. The van der Waals surface area contributed by atoms with Gasteiger partial charge in [0.1, 0.15) is 19.5 Å². The van der Waals surface area contributed by atoms with Crippen molar-refractivity contribution in [3.63, 3.8) is 0 Å². The molecule has 0 fully saturated rings. The van der Waals surface area contributed by atoms with E-state index in [1.165, 1.54) is 6.26 Å². The van der Waals surface area contributed by atoms with Crippen LogP contribution in [0.4, 0.5) is 0 Å². The Bertz CT molecular complexity index is 587. The molecule has 1 heterocycles. The van der Waals surface area contributed by atoms with E-state index in [0.717, 1.165) is 5.56 Å². The van der Waals surface area contributed by atoms with E-state index in [0.29, 0.717) is 11.6 Å². The molecule has 1 atom stereocenters. The number of hydrogen-bond acceptors (Lipinski definition) is 5. The fraction of sp³-hybridized carbons (Fsp3) is 0.333. The van der Waals surface area contributed by atoms with Crippen molar-refractivity contribution < 1.29 is 23.8 Å². The van der Waals surface area contributed by atoms with Crippen LogP contribution in [0.15, 0.2) is 36.3 Å². The summed E-state index contributed by atoms with van der Waals surface area (Å²) in [6.45, 7) is 2.04. The molecule has 0 spiro atoms. The second-order valence-electron chi connectivity index (χ2n) is 4.59. The molecule has 0 saturated carbocycles. The maximum Gasteiger partial charge on any atom is 0.377 e. The Morgan fingerprint density at radius 2 is 2.14 bits per heavy atom. The van der Waals surface area contributed by atoms with E-state index in [1.807, 2.05) is 18.2 Å². The highest BCUT2D eigenvalue weighted by Crippen LogP contribution is 2.21. The average Bonchev–Trinajstić information content (AvgIpc) is 2.53. The Morgan fingerprint density at radius 1 is 1.36 bits per heavy atom. The van der Waals surface area contributed by atoms with Crippen LogP contribution in [-0.2, 0) is 23.8 Å². The third-order valence-electron chi connectivity index (χ3n) is 2.93. The smallest absolute Gasteiger partial charge is 0.377 e. The minimum absolute atomic E-state index is 0.0433. The molecule has 0 aromatic heterocycles. The lowest BCUT2D eigenvalue weighted by Crippen LogP contribution is -2.31. The van der Waals surface area contributed by atoms with E-state index < -0.39 is 18.5 Å². The molecule has 1 amide bonds. The number of carbonyl (C=O) groups is 2. The van der Waals surface area contributed by atoms with Gasteiger partial charge in [-0.15, -0.1) is 0 Å². The predicted molar refractivity (Wildman–Crippen MR) is 79.0 cm³/mol. The zero-order chi connectivity index (χ0) is 15.9. The lowest BCUT2D eigenvalue weighted by molar-refractivity contribution is -0.149. The van der Waals surface area contributed by atoms with Crippen molar-refractivity contribution in [2.24, 2.45) is 0 Å². The summed E-state index contributed by atoms with van der Waals surface area (Å²) in [5.74, 6) is -1.21. The number of rotatable bonds is 5. The maximum atomic E-state index is 11.8. The van der Waals surface area contributed by atoms with Crippen LogP contribution in [0.1, 0.15) is 18.5 Å². The molecule has 2 rings (SSSR count). The molecule has 1 aromatic carbocycles. The highest BCUT2D eigenvalue weighted by atomic mass is 35.5. The van der Waals surface area contributed by atoms with Gasteiger partial charge < -0.3 is 19.5 Å². The van der Waals surface area contributed by atoms with Gasteiger partial charge in [0, 0.05) is 5.02 Å². The van der Waals surface area contributed by atoms with Gasteiger partial charge in [-0.25, -0.2) is 4.79 Å². The lowest BCUT2D eigenvalue weighted by Gasteiger charge is -2.17. The van der Waals surface area contributed by atoms with Gasteiger partial charge in [-0.05, 0) is 18.6 Å². The fourth-order valence-electron chi connectivity index (χ4n) is 1.86. The minimum atomic E-state index is -0.736. The van der Waals surface area contributed by atoms with Gasteiger partial charge in [0.05, 0.1) is 6.04 Å². The number of carbonyl (C=O) groups excluding carboxylic acids is 2. The van der Waals surface area contributed by atoms with Crippen LogP contribution in [0.2, 0.25) is 5.02 Å². The van der Waals surface area contributed by atoms with Gasteiger partial charge in [-0.2, -0.15) is 0 Å². The third kappa shape index (κ3) is 4.39. The first-order chi connectivity index (χ1) is 10.6. The molecule has 1 aromatic rings. The molecular formula is C15H16ClNO5. The number of halogens is 1. The number of amides is 1. The van der Waals surface area contributed by atoms with Crippen molar-refractivity contribution in [1.29, 1.82) is 0 Å². The van der Waals surface area contributed by atoms with E-state index in [9.17, 15) is 9.59 Å². The van der Waals surface area contributed by atoms with Crippen LogP contribution in [0.3, 0.4) is 0 Å². The van der Waals surface area contributed by atoms with E-state index in [-0.39, 0.29) is 18.4 Å². The predicted octanol–water partition coefficient (Wildman–Crippen LogP) is 1.95. The van der Waals surface area contributed by atoms with Crippen LogP contribution in [0.5, 0.6) is 0 Å². The molecule has 0 unspecified atom stereocenters. The first-order valence-electron chi connectivity index (χ1n) is 6.73. The molecule has 1 aliphatic heterocycles. The monoisotopic (exact) mass is 325 g/mol. The van der Waals surface area contributed by atoms with Crippen molar-refractivity contribution in [2.45, 2.75) is 13.0 Å². The zero-order valence-electron chi connectivity index (χ0n) is 12.0. The second kappa shape index (κ2) is 7.70. The van der Waals surface area contributed by atoms with Crippen molar-refractivity contribution in [1.82, 2.24) is 5.32 Å².